The van der Waals surface area contributed by atoms with Crippen LogP contribution < -0.4 is 4.74 Å². The number of hydrogen-bond acceptors (Lipinski definition) is 7. The number of carbonyl (C=O) groups excluding carboxylic acids is 2. The molecule has 5 rings (SSSR count). The molecule has 3 aromatic rings. The van der Waals surface area contributed by atoms with Crippen molar-refractivity contribution in [3.8, 4) is 23.0 Å². The van der Waals surface area contributed by atoms with E-state index < -0.39 is 17.2 Å². The Hall–Kier alpha value is -4.00. The molecule has 0 amide bonds. The van der Waals surface area contributed by atoms with Gasteiger partial charge in [0.2, 0.25) is 0 Å². The van der Waals surface area contributed by atoms with E-state index in [1.54, 1.807) is 51.1 Å². The molecule has 1 spiro atoms. The molecule has 7 heteroatoms. The van der Waals surface area contributed by atoms with Gasteiger partial charge in [0.15, 0.2) is 5.60 Å². The summed E-state index contributed by atoms with van der Waals surface area (Å²) in [4.78, 5) is 25.4. The summed E-state index contributed by atoms with van der Waals surface area (Å²) in [7, 11) is 0. The van der Waals surface area contributed by atoms with Crippen LogP contribution in [0.2, 0.25) is 0 Å². The fourth-order valence-corrected chi connectivity index (χ4v) is 4.40. The SMILES string of the molecule is CC(C)(C)OC(=O)Cc1ccc2c(c1)C1(OC2=O)c2ccc(O)cc2Oc2cc(O)ccc21. The van der Waals surface area contributed by atoms with Crippen molar-refractivity contribution in [2.24, 2.45) is 0 Å². The van der Waals surface area contributed by atoms with Gasteiger partial charge in [0.1, 0.15) is 28.6 Å². The predicted octanol–water partition coefficient (Wildman–Crippen LogP) is 4.55. The molecule has 0 aromatic heterocycles. The number of hydrogen-bond donors (Lipinski definition) is 2. The Balaban J connectivity index is 1.70. The van der Waals surface area contributed by atoms with Crippen LogP contribution in [0.1, 0.15) is 53.4 Å². The van der Waals surface area contributed by atoms with Crippen molar-refractivity contribution in [1.82, 2.24) is 0 Å². The number of fused-ring (bicyclic) bond motifs is 6. The lowest BCUT2D eigenvalue weighted by atomic mass is 9.77. The molecule has 0 unspecified atom stereocenters. The third-order valence-electron chi connectivity index (χ3n) is 5.61. The van der Waals surface area contributed by atoms with Crippen molar-refractivity contribution in [2.75, 3.05) is 0 Å². The molecule has 3 aromatic carbocycles. The van der Waals surface area contributed by atoms with Crippen molar-refractivity contribution in [1.29, 1.82) is 0 Å². The number of esters is 2. The van der Waals surface area contributed by atoms with E-state index in [-0.39, 0.29) is 23.9 Å². The standard InChI is InChI=1S/C26H22O7/c1-25(2,3)32-23(29)11-14-4-7-17-20(10-14)26(33-24(17)30)18-8-5-15(27)12-21(18)31-22-13-16(28)6-9-19(22)26/h4-10,12-13,27-28H,11H2,1-3H3. The van der Waals surface area contributed by atoms with E-state index in [0.717, 1.165) is 0 Å². The molecule has 2 aliphatic rings. The molecular formula is C26H22O7. The average molecular weight is 446 g/mol. The van der Waals surface area contributed by atoms with Crippen LogP contribution in [0, 0.1) is 0 Å². The van der Waals surface area contributed by atoms with Gasteiger partial charge in [-0.3, -0.25) is 4.79 Å². The van der Waals surface area contributed by atoms with Gasteiger partial charge in [0.05, 0.1) is 12.0 Å². The number of phenols is 2. The Kier molecular flexibility index (Phi) is 4.43. The van der Waals surface area contributed by atoms with Crippen LogP contribution >= 0.6 is 0 Å². The summed E-state index contributed by atoms with van der Waals surface area (Å²) < 4.78 is 17.4. The summed E-state index contributed by atoms with van der Waals surface area (Å²) in [6.07, 6.45) is 0.0240. The Labute approximate surface area is 190 Å². The molecule has 0 atom stereocenters. The van der Waals surface area contributed by atoms with Crippen molar-refractivity contribution in [3.63, 3.8) is 0 Å². The second kappa shape index (κ2) is 7.00. The molecule has 2 N–H and O–H groups in total. The second-order valence-electron chi connectivity index (χ2n) is 9.18. The van der Waals surface area contributed by atoms with E-state index in [4.69, 9.17) is 14.2 Å². The lowest BCUT2D eigenvalue weighted by Gasteiger charge is -2.36. The zero-order valence-corrected chi connectivity index (χ0v) is 18.3. The summed E-state index contributed by atoms with van der Waals surface area (Å²) in [5.74, 6) is -0.345. The van der Waals surface area contributed by atoms with Gasteiger partial charge in [-0.25, -0.2) is 4.79 Å². The van der Waals surface area contributed by atoms with E-state index in [2.05, 4.69) is 0 Å². The Morgan fingerprint density at radius 2 is 1.52 bits per heavy atom. The minimum Gasteiger partial charge on any atom is -0.508 e. The molecule has 0 saturated carbocycles. The average Bonchev–Trinajstić information content (AvgIpc) is 2.98. The Morgan fingerprint density at radius 1 is 0.909 bits per heavy atom. The number of carbonyl (C=O) groups is 2. The highest BCUT2D eigenvalue weighted by atomic mass is 16.6. The molecule has 0 bridgehead atoms. The van der Waals surface area contributed by atoms with Gasteiger partial charge < -0.3 is 24.4 Å². The van der Waals surface area contributed by atoms with Crippen molar-refractivity contribution in [2.45, 2.75) is 38.4 Å². The smallest absolute Gasteiger partial charge is 0.340 e. The number of benzene rings is 3. The van der Waals surface area contributed by atoms with Crippen molar-refractivity contribution in [3.05, 3.63) is 82.4 Å². The topological polar surface area (TPSA) is 102 Å². The molecule has 0 fully saturated rings. The van der Waals surface area contributed by atoms with Crippen molar-refractivity contribution < 1.29 is 34.0 Å². The van der Waals surface area contributed by atoms with E-state index in [1.165, 1.54) is 24.3 Å². The monoisotopic (exact) mass is 446 g/mol. The third-order valence-corrected chi connectivity index (χ3v) is 5.61. The third kappa shape index (κ3) is 3.36. The van der Waals surface area contributed by atoms with Crippen LogP contribution in [0.5, 0.6) is 23.0 Å². The summed E-state index contributed by atoms with van der Waals surface area (Å²) in [6.45, 7) is 5.40. The molecule has 2 heterocycles. The van der Waals surface area contributed by atoms with Crippen molar-refractivity contribution >= 4 is 11.9 Å². The summed E-state index contributed by atoms with van der Waals surface area (Å²) >= 11 is 0. The Morgan fingerprint density at radius 3 is 2.09 bits per heavy atom. The zero-order chi connectivity index (χ0) is 23.5. The van der Waals surface area contributed by atoms with Crippen LogP contribution in [-0.2, 0) is 26.3 Å². The molecule has 168 valence electrons. The van der Waals surface area contributed by atoms with Crippen LogP contribution in [0.25, 0.3) is 0 Å². The predicted molar refractivity (Wildman–Crippen MR) is 118 cm³/mol. The van der Waals surface area contributed by atoms with E-state index in [0.29, 0.717) is 39.3 Å². The van der Waals surface area contributed by atoms with Gasteiger partial charge in [-0.15, -0.1) is 0 Å². The van der Waals surface area contributed by atoms with Gasteiger partial charge in [-0.2, -0.15) is 0 Å². The Bertz CT molecular complexity index is 1270. The summed E-state index contributed by atoms with van der Waals surface area (Å²) in [6, 6.07) is 14.2. The van der Waals surface area contributed by atoms with Gasteiger partial charge in [-0.1, -0.05) is 6.07 Å². The fourth-order valence-electron chi connectivity index (χ4n) is 4.40. The van der Waals surface area contributed by atoms with E-state index >= 15 is 0 Å². The first-order valence-electron chi connectivity index (χ1n) is 10.5. The molecule has 0 aliphatic carbocycles. The van der Waals surface area contributed by atoms with Gasteiger partial charge in [-0.05, 0) is 62.7 Å². The lowest BCUT2D eigenvalue weighted by molar-refractivity contribution is -0.153. The number of rotatable bonds is 2. The number of ether oxygens (including phenoxy) is 3. The molecule has 33 heavy (non-hydrogen) atoms. The maximum atomic E-state index is 13.0. The van der Waals surface area contributed by atoms with E-state index in [1.807, 2.05) is 0 Å². The van der Waals surface area contributed by atoms with Crippen LogP contribution in [-0.4, -0.2) is 27.8 Å². The van der Waals surface area contributed by atoms with Gasteiger partial charge in [0.25, 0.3) is 0 Å². The highest BCUT2D eigenvalue weighted by Gasteiger charge is 2.53. The number of phenolic OH excluding ortho intramolecular Hbond substituents is 2. The van der Waals surface area contributed by atoms with Crippen LogP contribution in [0.15, 0.2) is 54.6 Å². The van der Waals surface area contributed by atoms with Crippen LogP contribution in [0.4, 0.5) is 0 Å². The molecule has 2 aliphatic heterocycles. The molecule has 0 radical (unpaired) electrons. The highest BCUT2D eigenvalue weighted by molar-refractivity contribution is 5.97. The summed E-state index contributed by atoms with van der Waals surface area (Å²) in [5.41, 5.74) is 0.656. The molecular weight excluding hydrogens is 424 g/mol. The highest BCUT2D eigenvalue weighted by Crippen LogP contribution is 2.57. The fraction of sp³-hybridized carbons (Fsp3) is 0.231. The first-order valence-corrected chi connectivity index (χ1v) is 10.5. The quantitative estimate of drug-likeness (QED) is 0.557. The first kappa shape index (κ1) is 20.9. The summed E-state index contributed by atoms with van der Waals surface area (Å²) in [5, 5.41) is 20.0. The maximum Gasteiger partial charge on any atom is 0.340 e. The molecule has 7 nitrogen and oxygen atoms in total. The van der Waals surface area contributed by atoms with Gasteiger partial charge >= 0.3 is 11.9 Å². The minimum absolute atomic E-state index is 0.0178. The minimum atomic E-state index is -1.36. The largest absolute Gasteiger partial charge is 0.508 e. The number of aromatic hydroxyl groups is 2. The zero-order valence-electron chi connectivity index (χ0n) is 18.3. The molecule has 0 saturated heterocycles. The normalized spacial score (nSPS) is 15.2. The lowest BCUT2D eigenvalue weighted by Crippen LogP contribution is -2.33. The van der Waals surface area contributed by atoms with Gasteiger partial charge in [0, 0.05) is 28.8 Å². The van der Waals surface area contributed by atoms with Crippen LogP contribution in [0.3, 0.4) is 0 Å². The second-order valence-corrected chi connectivity index (χ2v) is 9.18. The maximum absolute atomic E-state index is 13.0. The van der Waals surface area contributed by atoms with E-state index in [9.17, 15) is 19.8 Å². The first-order chi connectivity index (χ1) is 15.6.